The summed E-state index contributed by atoms with van der Waals surface area (Å²) in [5.74, 6) is -0.858. The van der Waals surface area contributed by atoms with E-state index in [4.69, 9.17) is 10.2 Å². The van der Waals surface area contributed by atoms with Gasteiger partial charge in [-0.3, -0.25) is 4.79 Å². The minimum Gasteiger partial charge on any atom is -0.481 e. The summed E-state index contributed by atoms with van der Waals surface area (Å²) in [5.41, 5.74) is 1.48. The molecule has 0 saturated carbocycles. The van der Waals surface area contributed by atoms with Gasteiger partial charge in [-0.1, -0.05) is 28.1 Å². The molecule has 0 spiro atoms. The molecule has 0 aromatic heterocycles. The Morgan fingerprint density at radius 3 is 2.62 bits per heavy atom. The summed E-state index contributed by atoms with van der Waals surface area (Å²) in [6.07, 6.45) is 0.00427. The summed E-state index contributed by atoms with van der Waals surface area (Å²) in [5, 5.41) is 17.4. The standard InChI is InChI=1S/C9H9BrO3/c10-8-3-6(4-9(12)13)1-2-7(8)5-11/h1-3,11H,4-5H2,(H,12,13). The number of carbonyl (C=O) groups is 1. The minimum atomic E-state index is -0.858. The minimum absolute atomic E-state index is 0.00427. The van der Waals surface area contributed by atoms with Gasteiger partial charge in [0, 0.05) is 4.47 Å². The fourth-order valence-corrected chi connectivity index (χ4v) is 1.56. The predicted octanol–water partition coefficient (Wildman–Crippen LogP) is 1.57. The van der Waals surface area contributed by atoms with E-state index in [0.29, 0.717) is 0 Å². The van der Waals surface area contributed by atoms with Gasteiger partial charge in [0.2, 0.25) is 0 Å². The molecule has 0 radical (unpaired) electrons. The Morgan fingerprint density at radius 2 is 2.15 bits per heavy atom. The van der Waals surface area contributed by atoms with Crippen LogP contribution in [-0.4, -0.2) is 16.2 Å². The summed E-state index contributed by atoms with van der Waals surface area (Å²) in [7, 11) is 0. The molecule has 1 aromatic carbocycles. The lowest BCUT2D eigenvalue weighted by Gasteiger charge is -2.02. The van der Waals surface area contributed by atoms with Gasteiger partial charge in [-0.25, -0.2) is 0 Å². The molecule has 0 aliphatic carbocycles. The van der Waals surface area contributed by atoms with Crippen LogP contribution in [0.3, 0.4) is 0 Å². The van der Waals surface area contributed by atoms with Crippen molar-refractivity contribution in [2.24, 2.45) is 0 Å². The Balaban J connectivity index is 2.89. The first-order valence-corrected chi connectivity index (χ1v) is 4.52. The van der Waals surface area contributed by atoms with E-state index < -0.39 is 5.97 Å². The molecule has 0 unspecified atom stereocenters. The van der Waals surface area contributed by atoms with Gasteiger partial charge in [-0.15, -0.1) is 0 Å². The zero-order chi connectivity index (χ0) is 9.84. The third kappa shape index (κ3) is 2.82. The van der Waals surface area contributed by atoms with E-state index in [1.54, 1.807) is 18.2 Å². The Labute approximate surface area is 84.1 Å². The van der Waals surface area contributed by atoms with Crippen molar-refractivity contribution >= 4 is 21.9 Å². The van der Waals surface area contributed by atoms with Crippen LogP contribution < -0.4 is 0 Å². The van der Waals surface area contributed by atoms with Crippen LogP contribution >= 0.6 is 15.9 Å². The van der Waals surface area contributed by atoms with E-state index in [-0.39, 0.29) is 13.0 Å². The highest BCUT2D eigenvalue weighted by atomic mass is 79.9. The first kappa shape index (κ1) is 10.2. The lowest BCUT2D eigenvalue weighted by molar-refractivity contribution is -0.136. The molecule has 0 heterocycles. The number of carboxylic acid groups (broad SMARTS) is 1. The molecule has 4 heteroatoms. The van der Waals surface area contributed by atoms with Gasteiger partial charge in [-0.05, 0) is 17.2 Å². The van der Waals surface area contributed by atoms with Crippen LogP contribution in [0, 0.1) is 0 Å². The van der Waals surface area contributed by atoms with Crippen LogP contribution in [0.2, 0.25) is 0 Å². The maximum absolute atomic E-state index is 10.4. The van der Waals surface area contributed by atoms with E-state index in [1.165, 1.54) is 0 Å². The van der Waals surface area contributed by atoms with Crippen LogP contribution in [0.15, 0.2) is 22.7 Å². The number of hydrogen-bond acceptors (Lipinski definition) is 2. The number of aliphatic hydroxyl groups is 1. The molecule has 0 bridgehead atoms. The molecule has 3 nitrogen and oxygen atoms in total. The fourth-order valence-electron chi connectivity index (χ4n) is 1.00. The predicted molar refractivity (Wildman–Crippen MR) is 51.4 cm³/mol. The van der Waals surface area contributed by atoms with E-state index in [2.05, 4.69) is 15.9 Å². The second kappa shape index (κ2) is 4.39. The number of benzene rings is 1. The summed E-state index contributed by atoms with van der Waals surface area (Å²) in [6.45, 7) is -0.0477. The van der Waals surface area contributed by atoms with Crippen LogP contribution in [0.4, 0.5) is 0 Å². The molecule has 0 atom stereocenters. The van der Waals surface area contributed by atoms with Crippen LogP contribution in [0.5, 0.6) is 0 Å². The fraction of sp³-hybridized carbons (Fsp3) is 0.222. The molecule has 0 amide bonds. The van der Waals surface area contributed by atoms with Crippen molar-refractivity contribution < 1.29 is 15.0 Å². The molecule has 0 saturated heterocycles. The zero-order valence-electron chi connectivity index (χ0n) is 6.83. The number of aliphatic hydroxyl groups excluding tert-OH is 1. The zero-order valence-corrected chi connectivity index (χ0v) is 8.41. The lowest BCUT2D eigenvalue weighted by Crippen LogP contribution is -2.00. The Morgan fingerprint density at radius 1 is 1.46 bits per heavy atom. The first-order chi connectivity index (χ1) is 6.13. The van der Waals surface area contributed by atoms with Crippen molar-refractivity contribution in [1.29, 1.82) is 0 Å². The van der Waals surface area contributed by atoms with Gasteiger partial charge in [0.1, 0.15) is 0 Å². The number of aliphatic carboxylic acids is 1. The van der Waals surface area contributed by atoms with E-state index in [0.717, 1.165) is 15.6 Å². The van der Waals surface area contributed by atoms with Gasteiger partial charge < -0.3 is 10.2 Å². The summed E-state index contributed by atoms with van der Waals surface area (Å²) >= 11 is 3.24. The number of hydrogen-bond donors (Lipinski definition) is 2. The summed E-state index contributed by atoms with van der Waals surface area (Å²) in [6, 6.07) is 5.12. The van der Waals surface area contributed by atoms with Crippen molar-refractivity contribution in [2.75, 3.05) is 0 Å². The second-order valence-corrected chi connectivity index (χ2v) is 3.51. The maximum atomic E-state index is 10.4. The number of rotatable bonds is 3. The van der Waals surface area contributed by atoms with E-state index >= 15 is 0 Å². The molecule has 0 aliphatic rings. The average molecular weight is 245 g/mol. The monoisotopic (exact) mass is 244 g/mol. The lowest BCUT2D eigenvalue weighted by atomic mass is 10.1. The van der Waals surface area contributed by atoms with Crippen molar-refractivity contribution in [3.8, 4) is 0 Å². The quantitative estimate of drug-likeness (QED) is 0.849. The smallest absolute Gasteiger partial charge is 0.307 e. The topological polar surface area (TPSA) is 57.5 Å². The molecule has 13 heavy (non-hydrogen) atoms. The SMILES string of the molecule is O=C(O)Cc1ccc(CO)c(Br)c1. The molecule has 1 rings (SSSR count). The van der Waals surface area contributed by atoms with Crippen LogP contribution in [0.1, 0.15) is 11.1 Å². The number of carboxylic acids is 1. The van der Waals surface area contributed by atoms with E-state index in [9.17, 15) is 4.79 Å². The van der Waals surface area contributed by atoms with Crippen LogP contribution in [0.25, 0.3) is 0 Å². The summed E-state index contributed by atoms with van der Waals surface area (Å²) < 4.78 is 0.744. The third-order valence-corrected chi connectivity index (χ3v) is 2.38. The van der Waals surface area contributed by atoms with Crippen molar-refractivity contribution in [1.82, 2.24) is 0 Å². The van der Waals surface area contributed by atoms with Gasteiger partial charge in [0.15, 0.2) is 0 Å². The number of halogens is 1. The Bertz CT molecular complexity index is 323. The maximum Gasteiger partial charge on any atom is 0.307 e. The largest absolute Gasteiger partial charge is 0.481 e. The van der Waals surface area contributed by atoms with E-state index in [1.807, 2.05) is 0 Å². The Hall–Kier alpha value is -0.870. The second-order valence-electron chi connectivity index (χ2n) is 2.65. The van der Waals surface area contributed by atoms with Gasteiger partial charge in [-0.2, -0.15) is 0 Å². The van der Waals surface area contributed by atoms with Crippen molar-refractivity contribution in [2.45, 2.75) is 13.0 Å². The van der Waals surface area contributed by atoms with Gasteiger partial charge in [0.05, 0.1) is 13.0 Å². The normalized spacial score (nSPS) is 10.0. The molecule has 0 aliphatic heterocycles. The molecular formula is C9H9BrO3. The van der Waals surface area contributed by atoms with Crippen molar-refractivity contribution in [3.63, 3.8) is 0 Å². The van der Waals surface area contributed by atoms with Crippen molar-refractivity contribution in [3.05, 3.63) is 33.8 Å². The average Bonchev–Trinajstić information content (AvgIpc) is 2.03. The molecule has 0 fully saturated rings. The molecular weight excluding hydrogens is 236 g/mol. The highest BCUT2D eigenvalue weighted by Crippen LogP contribution is 2.18. The van der Waals surface area contributed by atoms with Crippen LogP contribution in [-0.2, 0) is 17.8 Å². The molecule has 2 N–H and O–H groups in total. The molecule has 70 valence electrons. The third-order valence-electron chi connectivity index (χ3n) is 1.64. The summed E-state index contributed by atoms with van der Waals surface area (Å²) in [4.78, 5) is 10.4. The highest BCUT2D eigenvalue weighted by molar-refractivity contribution is 9.10. The first-order valence-electron chi connectivity index (χ1n) is 3.73. The van der Waals surface area contributed by atoms with Gasteiger partial charge in [0.25, 0.3) is 0 Å². The molecule has 1 aromatic rings. The highest BCUT2D eigenvalue weighted by Gasteiger charge is 2.03. The Kier molecular flexibility index (Phi) is 3.45. The van der Waals surface area contributed by atoms with Gasteiger partial charge >= 0.3 is 5.97 Å².